The van der Waals surface area contributed by atoms with Crippen LogP contribution in [0.25, 0.3) is 5.78 Å². The standard InChI is InChI=1S/C21H25FN6O2/c1-3-14-11-28-13-16(24-21(28)25-20(14)30)12-26-6-8-27(9-7-26)18-5-4-15(10-17(18)22)19(29)23-2/h4-5,10-11,13H,3,6-9,12H2,1-2H3,(H,23,29)(H,24,25,30). The third kappa shape index (κ3) is 3.93. The molecule has 8 nitrogen and oxygen atoms in total. The topological polar surface area (TPSA) is 85.7 Å². The van der Waals surface area contributed by atoms with Gasteiger partial charge in [-0.25, -0.2) is 9.37 Å². The van der Waals surface area contributed by atoms with Crippen molar-refractivity contribution in [3.05, 3.63) is 63.6 Å². The number of imidazole rings is 1. The molecule has 0 unspecified atom stereocenters. The molecular weight excluding hydrogens is 387 g/mol. The zero-order valence-electron chi connectivity index (χ0n) is 17.1. The largest absolute Gasteiger partial charge is 0.367 e. The van der Waals surface area contributed by atoms with Gasteiger partial charge in [0.15, 0.2) is 0 Å². The summed E-state index contributed by atoms with van der Waals surface area (Å²) in [6.45, 7) is 5.50. The van der Waals surface area contributed by atoms with Crippen molar-refractivity contribution in [3.63, 3.8) is 0 Å². The lowest BCUT2D eigenvalue weighted by Gasteiger charge is -2.36. The van der Waals surface area contributed by atoms with Crippen molar-refractivity contribution in [3.8, 4) is 0 Å². The van der Waals surface area contributed by atoms with Crippen molar-refractivity contribution >= 4 is 17.4 Å². The Kier molecular flexibility index (Phi) is 5.54. The van der Waals surface area contributed by atoms with E-state index in [4.69, 9.17) is 0 Å². The Morgan fingerprint density at radius 2 is 2.00 bits per heavy atom. The van der Waals surface area contributed by atoms with Crippen molar-refractivity contribution < 1.29 is 9.18 Å². The molecule has 2 N–H and O–H groups in total. The number of carbonyl (C=O) groups is 1. The number of piperazine rings is 1. The van der Waals surface area contributed by atoms with Crippen LogP contribution in [0.5, 0.6) is 0 Å². The van der Waals surface area contributed by atoms with Crippen LogP contribution in [-0.2, 0) is 13.0 Å². The summed E-state index contributed by atoms with van der Waals surface area (Å²) in [6, 6.07) is 4.59. The van der Waals surface area contributed by atoms with E-state index in [-0.39, 0.29) is 17.3 Å². The number of rotatable bonds is 5. The van der Waals surface area contributed by atoms with Gasteiger partial charge < -0.3 is 10.2 Å². The third-order valence-corrected chi connectivity index (χ3v) is 5.51. The third-order valence-electron chi connectivity index (χ3n) is 5.51. The summed E-state index contributed by atoms with van der Waals surface area (Å²) in [6.07, 6.45) is 4.43. The van der Waals surface area contributed by atoms with E-state index in [0.717, 1.165) is 24.3 Å². The van der Waals surface area contributed by atoms with Crippen molar-refractivity contribution in [2.75, 3.05) is 38.1 Å². The monoisotopic (exact) mass is 412 g/mol. The highest BCUT2D eigenvalue weighted by atomic mass is 19.1. The average Bonchev–Trinajstić information content (AvgIpc) is 3.14. The van der Waals surface area contributed by atoms with Crippen molar-refractivity contribution in [1.29, 1.82) is 0 Å². The molecule has 0 aliphatic carbocycles. The Bertz CT molecular complexity index is 1130. The SMILES string of the molecule is CCc1cn2cc(CN3CCN(c4ccc(C(=O)NC)cc4F)CC3)nc2[nH]c1=O. The lowest BCUT2D eigenvalue weighted by Crippen LogP contribution is -2.46. The van der Waals surface area contributed by atoms with Crippen LogP contribution < -0.4 is 15.8 Å². The van der Waals surface area contributed by atoms with Gasteiger partial charge in [-0.05, 0) is 24.6 Å². The van der Waals surface area contributed by atoms with Crippen molar-refractivity contribution in [2.45, 2.75) is 19.9 Å². The zero-order chi connectivity index (χ0) is 21.3. The fraction of sp³-hybridized carbons (Fsp3) is 0.381. The molecule has 9 heteroatoms. The van der Waals surface area contributed by atoms with E-state index in [1.807, 2.05) is 28.6 Å². The van der Waals surface area contributed by atoms with Gasteiger partial charge in [0.05, 0.1) is 11.4 Å². The lowest BCUT2D eigenvalue weighted by molar-refractivity contribution is 0.0962. The van der Waals surface area contributed by atoms with E-state index >= 15 is 0 Å². The first-order valence-corrected chi connectivity index (χ1v) is 10.1. The van der Waals surface area contributed by atoms with Gasteiger partial charge in [-0.3, -0.25) is 23.9 Å². The molecule has 1 fully saturated rings. The lowest BCUT2D eigenvalue weighted by atomic mass is 10.1. The van der Waals surface area contributed by atoms with Gasteiger partial charge in [0.1, 0.15) is 5.82 Å². The van der Waals surface area contributed by atoms with E-state index in [1.54, 1.807) is 12.1 Å². The van der Waals surface area contributed by atoms with Crippen molar-refractivity contribution in [2.24, 2.45) is 0 Å². The Hall–Kier alpha value is -3.20. The van der Waals surface area contributed by atoms with Gasteiger partial charge in [0.2, 0.25) is 5.78 Å². The summed E-state index contributed by atoms with van der Waals surface area (Å²) in [5, 5.41) is 2.50. The van der Waals surface area contributed by atoms with E-state index in [0.29, 0.717) is 43.1 Å². The summed E-state index contributed by atoms with van der Waals surface area (Å²) >= 11 is 0. The molecule has 2 aromatic heterocycles. The number of H-pyrrole nitrogens is 1. The highest BCUT2D eigenvalue weighted by molar-refractivity contribution is 5.94. The van der Waals surface area contributed by atoms with Gasteiger partial charge in [0, 0.05) is 63.3 Å². The molecule has 0 bridgehead atoms. The summed E-state index contributed by atoms with van der Waals surface area (Å²) in [7, 11) is 1.52. The number of benzene rings is 1. The number of aromatic nitrogens is 3. The minimum absolute atomic E-state index is 0.0970. The number of carbonyl (C=O) groups excluding carboxylic acids is 1. The summed E-state index contributed by atoms with van der Waals surface area (Å²) in [5.41, 5.74) is 2.34. The maximum atomic E-state index is 14.5. The molecule has 0 atom stereocenters. The second-order valence-electron chi connectivity index (χ2n) is 7.43. The maximum Gasteiger partial charge on any atom is 0.255 e. The van der Waals surface area contributed by atoms with Crippen LogP contribution in [0.2, 0.25) is 0 Å². The van der Waals surface area contributed by atoms with Crippen LogP contribution in [0.15, 0.2) is 35.4 Å². The molecule has 0 saturated carbocycles. The molecule has 3 aromatic rings. The Morgan fingerprint density at radius 3 is 2.67 bits per heavy atom. The first-order chi connectivity index (χ1) is 14.5. The Balaban J connectivity index is 1.41. The molecule has 4 rings (SSSR count). The average molecular weight is 412 g/mol. The zero-order valence-corrected chi connectivity index (χ0v) is 17.1. The number of aryl methyl sites for hydroxylation is 1. The number of nitrogens with zero attached hydrogens (tertiary/aromatic N) is 4. The number of fused-ring (bicyclic) bond motifs is 1. The number of anilines is 1. The van der Waals surface area contributed by atoms with Gasteiger partial charge in [0.25, 0.3) is 11.5 Å². The highest BCUT2D eigenvalue weighted by Crippen LogP contribution is 2.22. The fourth-order valence-corrected chi connectivity index (χ4v) is 3.80. The quantitative estimate of drug-likeness (QED) is 0.662. The molecule has 158 valence electrons. The molecule has 1 aromatic carbocycles. The first kappa shape index (κ1) is 20.1. The number of aromatic amines is 1. The van der Waals surface area contributed by atoms with Gasteiger partial charge in [-0.2, -0.15) is 0 Å². The van der Waals surface area contributed by atoms with Crippen LogP contribution in [0.3, 0.4) is 0 Å². The minimum Gasteiger partial charge on any atom is -0.367 e. The number of halogens is 1. The Labute approximate surface area is 173 Å². The van der Waals surface area contributed by atoms with Crippen molar-refractivity contribution in [1.82, 2.24) is 24.6 Å². The molecular formula is C21H25FN6O2. The van der Waals surface area contributed by atoms with E-state index in [1.165, 1.54) is 13.1 Å². The first-order valence-electron chi connectivity index (χ1n) is 10.1. The number of amides is 1. The van der Waals surface area contributed by atoms with E-state index in [9.17, 15) is 14.0 Å². The minimum atomic E-state index is -0.388. The van der Waals surface area contributed by atoms with Crippen LogP contribution in [0, 0.1) is 5.82 Å². The predicted molar refractivity (Wildman–Crippen MR) is 112 cm³/mol. The summed E-state index contributed by atoms with van der Waals surface area (Å²) in [4.78, 5) is 35.2. The molecule has 0 radical (unpaired) electrons. The molecule has 1 saturated heterocycles. The Morgan fingerprint density at radius 1 is 1.23 bits per heavy atom. The summed E-state index contributed by atoms with van der Waals surface area (Å²) < 4.78 is 16.4. The predicted octanol–water partition coefficient (Wildman–Crippen LogP) is 1.41. The van der Waals surface area contributed by atoms with Gasteiger partial charge in [-0.15, -0.1) is 0 Å². The molecule has 1 amide bonds. The second kappa shape index (κ2) is 8.27. The molecule has 1 aliphatic heterocycles. The molecule has 30 heavy (non-hydrogen) atoms. The van der Waals surface area contributed by atoms with Crippen LogP contribution in [-0.4, -0.2) is 58.4 Å². The smallest absolute Gasteiger partial charge is 0.255 e. The van der Waals surface area contributed by atoms with Gasteiger partial charge >= 0.3 is 0 Å². The molecule has 0 spiro atoms. The van der Waals surface area contributed by atoms with Crippen LogP contribution in [0.1, 0.15) is 28.5 Å². The molecule has 3 heterocycles. The summed E-state index contributed by atoms with van der Waals surface area (Å²) in [5.74, 6) is -0.144. The number of hydrogen-bond acceptors (Lipinski definition) is 5. The number of nitrogens with one attached hydrogen (secondary N) is 2. The fourth-order valence-electron chi connectivity index (χ4n) is 3.80. The van der Waals surface area contributed by atoms with Gasteiger partial charge in [-0.1, -0.05) is 6.92 Å². The number of hydrogen-bond donors (Lipinski definition) is 2. The van der Waals surface area contributed by atoms with Crippen LogP contribution in [0.4, 0.5) is 10.1 Å². The van der Waals surface area contributed by atoms with Crippen LogP contribution >= 0.6 is 0 Å². The molecule has 1 aliphatic rings. The van der Waals surface area contributed by atoms with E-state index in [2.05, 4.69) is 20.2 Å². The maximum absolute atomic E-state index is 14.5. The highest BCUT2D eigenvalue weighted by Gasteiger charge is 2.21. The normalized spacial score (nSPS) is 15.0. The van der Waals surface area contributed by atoms with E-state index < -0.39 is 0 Å². The second-order valence-corrected chi connectivity index (χ2v) is 7.43.